The Morgan fingerprint density at radius 2 is 2.21 bits per heavy atom. The van der Waals surface area contributed by atoms with Crippen LogP contribution in [-0.4, -0.2) is 28.8 Å². The Kier molecular flexibility index (Phi) is 4.74. The number of nitrogens with zero attached hydrogens (tertiary/aromatic N) is 3. The highest BCUT2D eigenvalue weighted by Gasteiger charge is 2.09. The van der Waals surface area contributed by atoms with Crippen molar-refractivity contribution in [3.63, 3.8) is 0 Å². The molecule has 0 aliphatic rings. The van der Waals surface area contributed by atoms with Crippen LogP contribution in [0.2, 0.25) is 0 Å². The third-order valence-electron chi connectivity index (χ3n) is 3.07. The first-order valence-electron chi connectivity index (χ1n) is 6.47. The number of nitrogens with one attached hydrogen (secondary N) is 1. The Balaban J connectivity index is 1.96. The monoisotopic (exact) mass is 278 g/mol. The molecule has 0 bridgehead atoms. The van der Waals surface area contributed by atoms with Crippen LogP contribution in [0.1, 0.15) is 20.9 Å². The molecule has 0 fully saturated rings. The fourth-order valence-electron chi connectivity index (χ4n) is 2.22. The molecule has 19 heavy (non-hydrogen) atoms. The summed E-state index contributed by atoms with van der Waals surface area (Å²) in [6.45, 7) is 5.08. The molecule has 4 nitrogen and oxygen atoms in total. The van der Waals surface area contributed by atoms with E-state index in [1.54, 1.807) is 0 Å². The van der Waals surface area contributed by atoms with Crippen LogP contribution < -0.4 is 5.32 Å². The summed E-state index contributed by atoms with van der Waals surface area (Å²) in [6.07, 6.45) is 4.01. The normalized spacial score (nSPS) is 11.4. The fraction of sp³-hybridized carbons (Fsp3) is 0.500. The second-order valence-corrected chi connectivity index (χ2v) is 6.36. The Morgan fingerprint density at radius 1 is 1.42 bits per heavy atom. The van der Waals surface area contributed by atoms with Gasteiger partial charge in [-0.25, -0.2) is 0 Å². The van der Waals surface area contributed by atoms with Crippen molar-refractivity contribution >= 4 is 11.3 Å². The third kappa shape index (κ3) is 3.89. The largest absolute Gasteiger partial charge is 0.315 e. The van der Waals surface area contributed by atoms with E-state index in [0.29, 0.717) is 0 Å². The Hall–Kier alpha value is -1.17. The van der Waals surface area contributed by atoms with Crippen LogP contribution in [0.3, 0.4) is 0 Å². The second-order valence-electron chi connectivity index (χ2n) is 5.02. The van der Waals surface area contributed by atoms with E-state index in [2.05, 4.69) is 41.5 Å². The van der Waals surface area contributed by atoms with Crippen LogP contribution in [0, 0.1) is 6.92 Å². The lowest BCUT2D eigenvalue weighted by Gasteiger charge is -2.15. The first kappa shape index (κ1) is 14.2. The van der Waals surface area contributed by atoms with Gasteiger partial charge in [-0.3, -0.25) is 9.58 Å². The van der Waals surface area contributed by atoms with Crippen LogP contribution in [0.4, 0.5) is 0 Å². The highest BCUT2D eigenvalue weighted by Crippen LogP contribution is 2.23. The summed E-state index contributed by atoms with van der Waals surface area (Å²) >= 11 is 1.89. The van der Waals surface area contributed by atoms with Gasteiger partial charge in [0.25, 0.3) is 0 Å². The Bertz CT molecular complexity index is 529. The minimum Gasteiger partial charge on any atom is -0.315 e. The van der Waals surface area contributed by atoms with Gasteiger partial charge in [0, 0.05) is 48.2 Å². The van der Waals surface area contributed by atoms with E-state index >= 15 is 0 Å². The van der Waals surface area contributed by atoms with E-state index in [1.165, 1.54) is 20.9 Å². The van der Waals surface area contributed by atoms with Gasteiger partial charge in [-0.2, -0.15) is 5.10 Å². The maximum Gasteiger partial charge on any atom is 0.0534 e. The average Bonchev–Trinajstić information content (AvgIpc) is 2.87. The van der Waals surface area contributed by atoms with Gasteiger partial charge < -0.3 is 5.32 Å². The predicted octanol–water partition coefficient (Wildman–Crippen LogP) is 2.14. The van der Waals surface area contributed by atoms with Crippen molar-refractivity contribution in [2.75, 3.05) is 14.1 Å². The molecular formula is C14H22N4S. The summed E-state index contributed by atoms with van der Waals surface area (Å²) in [7, 11) is 6.10. The lowest BCUT2D eigenvalue weighted by Crippen LogP contribution is -2.17. The smallest absolute Gasteiger partial charge is 0.0534 e. The zero-order valence-electron chi connectivity index (χ0n) is 12.1. The Labute approximate surface area is 119 Å². The van der Waals surface area contributed by atoms with Crippen molar-refractivity contribution in [3.8, 4) is 0 Å². The SMILES string of the molecule is CNCc1cc(CN(C)Cc2cnn(C)c2)c(C)s1. The average molecular weight is 278 g/mol. The van der Waals surface area contributed by atoms with Crippen LogP contribution in [0.15, 0.2) is 18.5 Å². The molecule has 104 valence electrons. The first-order chi connectivity index (χ1) is 9.08. The molecule has 0 atom stereocenters. The summed E-state index contributed by atoms with van der Waals surface area (Å²) < 4.78 is 1.85. The van der Waals surface area contributed by atoms with E-state index in [1.807, 2.05) is 36.3 Å². The number of hydrogen-bond donors (Lipinski definition) is 1. The first-order valence-corrected chi connectivity index (χ1v) is 7.29. The van der Waals surface area contributed by atoms with Crippen molar-refractivity contribution in [1.29, 1.82) is 0 Å². The zero-order valence-corrected chi connectivity index (χ0v) is 12.9. The van der Waals surface area contributed by atoms with Crippen molar-refractivity contribution in [2.24, 2.45) is 7.05 Å². The summed E-state index contributed by atoms with van der Waals surface area (Å²) in [5, 5.41) is 7.41. The number of aryl methyl sites for hydroxylation is 2. The van der Waals surface area contributed by atoms with Crippen molar-refractivity contribution in [2.45, 2.75) is 26.6 Å². The molecular weight excluding hydrogens is 256 g/mol. The van der Waals surface area contributed by atoms with Gasteiger partial charge in [0.15, 0.2) is 0 Å². The molecule has 2 rings (SSSR count). The minimum atomic E-state index is 0.935. The fourth-order valence-corrected chi connectivity index (χ4v) is 3.28. The van der Waals surface area contributed by atoms with E-state index in [-0.39, 0.29) is 0 Å². The molecule has 2 aromatic heterocycles. The molecule has 0 aliphatic heterocycles. The molecule has 0 saturated carbocycles. The zero-order chi connectivity index (χ0) is 13.8. The quantitative estimate of drug-likeness (QED) is 0.879. The highest BCUT2D eigenvalue weighted by atomic mass is 32.1. The van der Waals surface area contributed by atoms with E-state index < -0.39 is 0 Å². The van der Waals surface area contributed by atoms with Crippen molar-refractivity contribution in [3.05, 3.63) is 39.3 Å². The van der Waals surface area contributed by atoms with Crippen LogP contribution in [-0.2, 0) is 26.7 Å². The number of aromatic nitrogens is 2. The topological polar surface area (TPSA) is 33.1 Å². The van der Waals surface area contributed by atoms with Gasteiger partial charge in [-0.1, -0.05) is 0 Å². The molecule has 0 amide bonds. The predicted molar refractivity (Wildman–Crippen MR) is 80.2 cm³/mol. The molecule has 0 radical (unpaired) electrons. The van der Waals surface area contributed by atoms with Crippen LogP contribution >= 0.6 is 11.3 Å². The van der Waals surface area contributed by atoms with Crippen molar-refractivity contribution in [1.82, 2.24) is 20.0 Å². The van der Waals surface area contributed by atoms with Crippen LogP contribution in [0.5, 0.6) is 0 Å². The molecule has 1 N–H and O–H groups in total. The summed E-state index contributed by atoms with van der Waals surface area (Å²) in [5.74, 6) is 0. The van der Waals surface area contributed by atoms with Crippen LogP contribution in [0.25, 0.3) is 0 Å². The summed E-state index contributed by atoms with van der Waals surface area (Å²) in [4.78, 5) is 5.16. The number of rotatable bonds is 6. The molecule has 0 aromatic carbocycles. The molecule has 0 saturated heterocycles. The Morgan fingerprint density at radius 3 is 2.84 bits per heavy atom. The van der Waals surface area contributed by atoms with Gasteiger partial charge >= 0.3 is 0 Å². The second kappa shape index (κ2) is 6.32. The molecule has 0 spiro atoms. The summed E-state index contributed by atoms with van der Waals surface area (Å²) in [6, 6.07) is 2.32. The van der Waals surface area contributed by atoms with E-state index in [9.17, 15) is 0 Å². The molecule has 2 aromatic rings. The lowest BCUT2D eigenvalue weighted by atomic mass is 10.2. The van der Waals surface area contributed by atoms with Gasteiger partial charge in [-0.05, 0) is 32.6 Å². The van der Waals surface area contributed by atoms with Gasteiger partial charge in [0.2, 0.25) is 0 Å². The highest BCUT2D eigenvalue weighted by molar-refractivity contribution is 7.12. The third-order valence-corrected chi connectivity index (χ3v) is 4.17. The lowest BCUT2D eigenvalue weighted by molar-refractivity contribution is 0.319. The molecule has 0 aliphatic carbocycles. The van der Waals surface area contributed by atoms with E-state index in [4.69, 9.17) is 0 Å². The molecule has 2 heterocycles. The van der Waals surface area contributed by atoms with E-state index in [0.717, 1.165) is 19.6 Å². The maximum atomic E-state index is 4.21. The number of hydrogen-bond acceptors (Lipinski definition) is 4. The maximum absolute atomic E-state index is 4.21. The molecule has 5 heteroatoms. The van der Waals surface area contributed by atoms with Gasteiger partial charge in [-0.15, -0.1) is 11.3 Å². The van der Waals surface area contributed by atoms with Gasteiger partial charge in [0.1, 0.15) is 0 Å². The minimum absolute atomic E-state index is 0.935. The van der Waals surface area contributed by atoms with Crippen molar-refractivity contribution < 1.29 is 0 Å². The molecule has 0 unspecified atom stereocenters. The number of thiophene rings is 1. The standard InChI is InChI=1S/C14H22N4S/c1-11-13(5-14(19-11)7-15-2)10-17(3)8-12-6-16-18(4)9-12/h5-6,9,15H,7-8,10H2,1-4H3. The summed E-state index contributed by atoms with van der Waals surface area (Å²) in [5.41, 5.74) is 2.69. The van der Waals surface area contributed by atoms with Gasteiger partial charge in [0.05, 0.1) is 6.20 Å².